The summed E-state index contributed by atoms with van der Waals surface area (Å²) in [4.78, 5) is 2.14. The molecular formula is C6H16N2. The van der Waals surface area contributed by atoms with Gasteiger partial charge in [-0.25, -0.2) is 0 Å². The Bertz CT molecular complexity index is 42.5. The second kappa shape index (κ2) is 3.87. The van der Waals surface area contributed by atoms with E-state index in [4.69, 9.17) is 5.73 Å². The summed E-state index contributed by atoms with van der Waals surface area (Å²) < 4.78 is 0. The molecule has 0 aromatic heterocycles. The largest absolute Gasteiger partial charge is 0.328 e. The topological polar surface area (TPSA) is 29.3 Å². The van der Waals surface area contributed by atoms with Crippen LogP contribution in [0, 0.1) is 0 Å². The van der Waals surface area contributed by atoms with Crippen molar-refractivity contribution < 1.29 is 0 Å². The van der Waals surface area contributed by atoms with Gasteiger partial charge in [0.1, 0.15) is 0 Å². The fourth-order valence-electron chi connectivity index (χ4n) is 0.462. The van der Waals surface area contributed by atoms with Gasteiger partial charge in [-0.05, 0) is 34.0 Å². The Morgan fingerprint density at radius 3 is 2.12 bits per heavy atom. The Hall–Kier alpha value is -0.0800. The van der Waals surface area contributed by atoms with Crippen LogP contribution in [0.2, 0.25) is 0 Å². The molecule has 0 aromatic rings. The lowest BCUT2D eigenvalue weighted by atomic mass is 10.2. The van der Waals surface area contributed by atoms with Gasteiger partial charge in [-0.15, -0.1) is 0 Å². The number of nitrogens with zero attached hydrogens (tertiary/aromatic N) is 1. The molecule has 0 fully saturated rings. The second-order valence-corrected chi connectivity index (χ2v) is 2.57. The first-order chi connectivity index (χ1) is 3.63. The van der Waals surface area contributed by atoms with E-state index < -0.39 is 0 Å². The van der Waals surface area contributed by atoms with Crippen LogP contribution in [0.1, 0.15) is 13.3 Å². The van der Waals surface area contributed by atoms with Gasteiger partial charge in [-0.3, -0.25) is 0 Å². The highest BCUT2D eigenvalue weighted by molar-refractivity contribution is 4.54. The van der Waals surface area contributed by atoms with Crippen molar-refractivity contribution in [3.05, 3.63) is 0 Å². The molecule has 2 N–H and O–H groups in total. The predicted octanol–water partition coefficient (Wildman–Crippen LogP) is 0.285. The highest BCUT2D eigenvalue weighted by atomic mass is 15.0. The average molecular weight is 116 g/mol. The van der Waals surface area contributed by atoms with E-state index in [0.29, 0.717) is 6.04 Å². The first-order valence-electron chi connectivity index (χ1n) is 3.03. The SMILES string of the molecule is CC(N)CCN(C)C. The molecule has 1 unspecified atom stereocenters. The maximum atomic E-state index is 5.51. The summed E-state index contributed by atoms with van der Waals surface area (Å²) in [5, 5.41) is 0. The molecule has 0 heterocycles. The van der Waals surface area contributed by atoms with Crippen LogP contribution in [-0.4, -0.2) is 31.6 Å². The zero-order valence-electron chi connectivity index (χ0n) is 6.02. The van der Waals surface area contributed by atoms with Crippen LogP contribution in [0.15, 0.2) is 0 Å². The normalized spacial score (nSPS) is 14.6. The minimum absolute atomic E-state index is 0.345. The molecule has 0 aromatic carbocycles. The summed E-state index contributed by atoms with van der Waals surface area (Å²) >= 11 is 0. The Labute approximate surface area is 51.7 Å². The molecule has 0 saturated carbocycles. The van der Waals surface area contributed by atoms with E-state index in [1.54, 1.807) is 0 Å². The van der Waals surface area contributed by atoms with Gasteiger partial charge in [-0.1, -0.05) is 0 Å². The predicted molar refractivity (Wildman–Crippen MR) is 36.8 cm³/mol. The van der Waals surface area contributed by atoms with Gasteiger partial charge in [0.2, 0.25) is 0 Å². The lowest BCUT2D eigenvalue weighted by molar-refractivity contribution is 0.386. The van der Waals surface area contributed by atoms with E-state index in [1.165, 1.54) is 0 Å². The van der Waals surface area contributed by atoms with E-state index in [-0.39, 0.29) is 0 Å². The Morgan fingerprint density at radius 2 is 2.00 bits per heavy atom. The Balaban J connectivity index is 2.93. The molecule has 8 heavy (non-hydrogen) atoms. The van der Waals surface area contributed by atoms with Crippen molar-refractivity contribution >= 4 is 0 Å². The van der Waals surface area contributed by atoms with E-state index in [0.717, 1.165) is 13.0 Å². The fraction of sp³-hybridized carbons (Fsp3) is 1.00. The van der Waals surface area contributed by atoms with Crippen molar-refractivity contribution in [1.82, 2.24) is 4.90 Å². The quantitative estimate of drug-likeness (QED) is 0.574. The van der Waals surface area contributed by atoms with Crippen LogP contribution in [0.3, 0.4) is 0 Å². The molecule has 1 atom stereocenters. The van der Waals surface area contributed by atoms with Crippen molar-refractivity contribution in [2.75, 3.05) is 20.6 Å². The summed E-state index contributed by atoms with van der Waals surface area (Å²) in [7, 11) is 4.12. The molecule has 0 rings (SSSR count). The molecular weight excluding hydrogens is 100 g/mol. The molecule has 2 heteroatoms. The molecule has 50 valence electrons. The highest BCUT2D eigenvalue weighted by Gasteiger charge is 1.93. The van der Waals surface area contributed by atoms with Crippen LogP contribution in [0.25, 0.3) is 0 Å². The third-order valence-electron chi connectivity index (χ3n) is 1.03. The number of hydrogen-bond acceptors (Lipinski definition) is 2. The number of rotatable bonds is 3. The van der Waals surface area contributed by atoms with Crippen molar-refractivity contribution in [3.8, 4) is 0 Å². The van der Waals surface area contributed by atoms with Crippen molar-refractivity contribution in [2.45, 2.75) is 19.4 Å². The molecule has 0 amide bonds. The van der Waals surface area contributed by atoms with Gasteiger partial charge in [0.15, 0.2) is 0 Å². The maximum absolute atomic E-state index is 5.51. The van der Waals surface area contributed by atoms with Gasteiger partial charge >= 0.3 is 0 Å². The lowest BCUT2D eigenvalue weighted by Gasteiger charge is -2.10. The van der Waals surface area contributed by atoms with Gasteiger partial charge < -0.3 is 10.6 Å². The van der Waals surface area contributed by atoms with Gasteiger partial charge in [-0.2, -0.15) is 0 Å². The molecule has 0 radical (unpaired) electrons. The summed E-state index contributed by atoms with van der Waals surface area (Å²) in [6.45, 7) is 3.13. The summed E-state index contributed by atoms with van der Waals surface area (Å²) in [5.41, 5.74) is 5.51. The molecule has 2 nitrogen and oxygen atoms in total. The van der Waals surface area contributed by atoms with Gasteiger partial charge in [0.05, 0.1) is 0 Å². The third-order valence-corrected chi connectivity index (χ3v) is 1.03. The lowest BCUT2D eigenvalue weighted by Crippen LogP contribution is -2.22. The van der Waals surface area contributed by atoms with Gasteiger partial charge in [0.25, 0.3) is 0 Å². The van der Waals surface area contributed by atoms with Crippen molar-refractivity contribution in [3.63, 3.8) is 0 Å². The van der Waals surface area contributed by atoms with Crippen molar-refractivity contribution in [1.29, 1.82) is 0 Å². The standard InChI is InChI=1S/C6H16N2/c1-6(7)4-5-8(2)3/h6H,4-5,7H2,1-3H3. The monoisotopic (exact) mass is 116 g/mol. The van der Waals surface area contributed by atoms with E-state index in [2.05, 4.69) is 19.0 Å². The molecule has 0 saturated heterocycles. The smallest absolute Gasteiger partial charge is 0.00226 e. The second-order valence-electron chi connectivity index (χ2n) is 2.57. The van der Waals surface area contributed by atoms with Crippen molar-refractivity contribution in [2.24, 2.45) is 5.73 Å². The first kappa shape index (κ1) is 7.92. The zero-order valence-corrected chi connectivity index (χ0v) is 6.02. The van der Waals surface area contributed by atoms with E-state index in [9.17, 15) is 0 Å². The van der Waals surface area contributed by atoms with E-state index in [1.807, 2.05) is 6.92 Å². The minimum Gasteiger partial charge on any atom is -0.328 e. The molecule has 0 bridgehead atoms. The number of nitrogens with two attached hydrogens (primary N) is 1. The maximum Gasteiger partial charge on any atom is 0.00226 e. The first-order valence-corrected chi connectivity index (χ1v) is 3.03. The van der Waals surface area contributed by atoms with Crippen LogP contribution in [0.5, 0.6) is 0 Å². The summed E-state index contributed by atoms with van der Waals surface area (Å²) in [6, 6.07) is 0.345. The van der Waals surface area contributed by atoms with Crippen LogP contribution < -0.4 is 5.73 Å². The molecule has 0 spiro atoms. The highest BCUT2D eigenvalue weighted by Crippen LogP contribution is 1.86. The van der Waals surface area contributed by atoms with Crippen LogP contribution in [0.4, 0.5) is 0 Å². The molecule has 0 aliphatic heterocycles. The molecule has 0 aliphatic carbocycles. The third kappa shape index (κ3) is 5.92. The average Bonchev–Trinajstić information content (AvgIpc) is 1.61. The van der Waals surface area contributed by atoms with Crippen LogP contribution in [-0.2, 0) is 0 Å². The van der Waals surface area contributed by atoms with E-state index >= 15 is 0 Å². The molecule has 0 aliphatic rings. The summed E-state index contributed by atoms with van der Waals surface area (Å²) in [6.07, 6.45) is 1.09. The zero-order chi connectivity index (χ0) is 6.57. The Morgan fingerprint density at radius 1 is 1.50 bits per heavy atom. The minimum atomic E-state index is 0.345. The Kier molecular flexibility index (Phi) is 3.83. The fourth-order valence-corrected chi connectivity index (χ4v) is 0.462. The van der Waals surface area contributed by atoms with Gasteiger partial charge in [0, 0.05) is 6.04 Å². The summed E-state index contributed by atoms with van der Waals surface area (Å²) in [5.74, 6) is 0. The number of hydrogen-bond donors (Lipinski definition) is 1. The van der Waals surface area contributed by atoms with Crippen LogP contribution >= 0.6 is 0 Å².